The topological polar surface area (TPSA) is 90.2 Å². The molecule has 0 spiro atoms. The third-order valence-electron chi connectivity index (χ3n) is 2.42. The third kappa shape index (κ3) is 2.65. The Kier molecular flexibility index (Phi) is 4.68. The van der Waals surface area contributed by atoms with Crippen LogP contribution in [0.3, 0.4) is 0 Å². The van der Waals surface area contributed by atoms with Crippen molar-refractivity contribution in [3.63, 3.8) is 0 Å². The van der Waals surface area contributed by atoms with E-state index in [2.05, 4.69) is 20.9 Å². The second-order valence-electron chi connectivity index (χ2n) is 3.65. The molecule has 1 heterocycles. The van der Waals surface area contributed by atoms with Gasteiger partial charge >= 0.3 is 0 Å². The molecule has 0 aliphatic rings. The lowest BCUT2D eigenvalue weighted by Crippen LogP contribution is -2.21. The minimum Gasteiger partial charge on any atom is -0.258 e. The second-order valence-corrected chi connectivity index (χ2v) is 7.04. The van der Waals surface area contributed by atoms with E-state index in [0.29, 0.717) is 0 Å². The quantitative estimate of drug-likeness (QED) is 0.469. The number of pyridine rings is 1. The fourth-order valence-electron chi connectivity index (χ4n) is 1.20. The molecular formula is C9H10BrClN2O4S. The third-order valence-corrected chi connectivity index (χ3v) is 6.37. The Balaban J connectivity index is 3.47. The van der Waals surface area contributed by atoms with Gasteiger partial charge in [-0.3, -0.25) is 10.1 Å². The molecule has 0 amide bonds. The summed E-state index contributed by atoms with van der Waals surface area (Å²) in [5.41, 5.74) is -0.0188. The van der Waals surface area contributed by atoms with E-state index >= 15 is 0 Å². The zero-order valence-electron chi connectivity index (χ0n) is 9.55. The Labute approximate surface area is 118 Å². The van der Waals surface area contributed by atoms with E-state index in [0.717, 1.165) is 6.20 Å². The van der Waals surface area contributed by atoms with Crippen LogP contribution in [0, 0.1) is 17.0 Å². The van der Waals surface area contributed by atoms with Gasteiger partial charge in [0, 0.05) is 11.4 Å². The molecule has 1 aromatic rings. The maximum atomic E-state index is 12.1. The number of rotatable bonds is 4. The predicted octanol–water partition coefficient (Wildman–Crippen LogP) is 2.46. The fourth-order valence-corrected chi connectivity index (χ4v) is 3.83. The largest absolute Gasteiger partial charge is 0.291 e. The zero-order chi connectivity index (χ0) is 14.1. The number of sulfone groups is 1. The van der Waals surface area contributed by atoms with Crippen LogP contribution in [-0.2, 0) is 9.84 Å². The molecule has 0 aliphatic heterocycles. The van der Waals surface area contributed by atoms with Crippen molar-refractivity contribution >= 4 is 43.1 Å². The number of alkyl halides is 1. The minimum absolute atomic E-state index is 0.0769. The highest BCUT2D eigenvalue weighted by molar-refractivity contribution is 9.10. The van der Waals surface area contributed by atoms with Crippen LogP contribution in [0.4, 0.5) is 5.69 Å². The number of nitrogens with zero attached hydrogens (tertiary/aromatic N) is 2. The summed E-state index contributed by atoms with van der Waals surface area (Å²) in [7, 11) is -3.70. The molecule has 0 fully saturated rings. The van der Waals surface area contributed by atoms with Crippen LogP contribution in [0.1, 0.15) is 12.5 Å². The van der Waals surface area contributed by atoms with Gasteiger partial charge in [-0.25, -0.2) is 13.4 Å². The van der Waals surface area contributed by atoms with Crippen molar-refractivity contribution in [1.29, 1.82) is 0 Å². The Morgan fingerprint density at radius 3 is 2.61 bits per heavy atom. The summed E-state index contributed by atoms with van der Waals surface area (Å²) in [5.74, 6) is -0.0769. The van der Waals surface area contributed by atoms with Crippen molar-refractivity contribution in [2.24, 2.45) is 0 Å². The zero-order valence-corrected chi connectivity index (χ0v) is 12.7. The number of hydrogen-bond acceptors (Lipinski definition) is 5. The smallest absolute Gasteiger partial charge is 0.258 e. The maximum absolute atomic E-state index is 12.1. The molecule has 1 atom stereocenters. The Morgan fingerprint density at radius 2 is 2.17 bits per heavy atom. The Bertz CT molecular complexity index is 590. The van der Waals surface area contributed by atoms with Gasteiger partial charge in [0.2, 0.25) is 9.84 Å². The molecule has 1 unspecified atom stereocenters. The van der Waals surface area contributed by atoms with E-state index in [-0.39, 0.29) is 26.6 Å². The number of halogens is 2. The van der Waals surface area contributed by atoms with Gasteiger partial charge in [0.05, 0.1) is 14.6 Å². The Hall–Kier alpha value is -0.730. The molecule has 0 bridgehead atoms. The van der Waals surface area contributed by atoms with Gasteiger partial charge in [-0.05, 0) is 29.8 Å². The highest BCUT2D eigenvalue weighted by Crippen LogP contribution is 2.31. The SMILES string of the molecule is Cc1c([N+](=O)[O-])cnc(S(=O)(=O)C(C)CCl)c1Br. The minimum atomic E-state index is -3.70. The van der Waals surface area contributed by atoms with Gasteiger partial charge in [-0.1, -0.05) is 0 Å². The van der Waals surface area contributed by atoms with Crippen LogP contribution in [0.15, 0.2) is 15.7 Å². The molecule has 0 aliphatic carbocycles. The van der Waals surface area contributed by atoms with Gasteiger partial charge in [-0.2, -0.15) is 0 Å². The van der Waals surface area contributed by atoms with Crippen LogP contribution in [0.2, 0.25) is 0 Å². The summed E-state index contributed by atoms with van der Waals surface area (Å²) >= 11 is 8.57. The number of aromatic nitrogens is 1. The molecule has 0 saturated heterocycles. The number of nitro groups is 1. The van der Waals surface area contributed by atoms with Crippen LogP contribution >= 0.6 is 27.5 Å². The predicted molar refractivity (Wildman–Crippen MR) is 70.7 cm³/mol. The first-order valence-electron chi connectivity index (χ1n) is 4.82. The highest BCUT2D eigenvalue weighted by atomic mass is 79.9. The van der Waals surface area contributed by atoms with Crippen LogP contribution < -0.4 is 0 Å². The van der Waals surface area contributed by atoms with Crippen LogP contribution in [0.5, 0.6) is 0 Å². The molecule has 100 valence electrons. The van der Waals surface area contributed by atoms with E-state index < -0.39 is 20.0 Å². The van der Waals surface area contributed by atoms with Crippen molar-refractivity contribution in [2.45, 2.75) is 24.1 Å². The first-order chi connectivity index (χ1) is 8.23. The van der Waals surface area contributed by atoms with Gasteiger partial charge < -0.3 is 0 Å². The summed E-state index contributed by atoms with van der Waals surface area (Å²) in [6.07, 6.45) is 0.938. The molecule has 0 saturated carbocycles. The summed E-state index contributed by atoms with van der Waals surface area (Å²) in [5, 5.41) is 9.66. The van der Waals surface area contributed by atoms with Crippen molar-refractivity contribution < 1.29 is 13.3 Å². The average Bonchev–Trinajstić information content (AvgIpc) is 2.30. The first kappa shape index (κ1) is 15.3. The van der Waals surface area contributed by atoms with Gasteiger partial charge in [0.15, 0.2) is 5.03 Å². The monoisotopic (exact) mass is 356 g/mol. The second kappa shape index (κ2) is 5.50. The van der Waals surface area contributed by atoms with Crippen molar-refractivity contribution in [3.05, 3.63) is 26.3 Å². The molecule has 0 radical (unpaired) electrons. The van der Waals surface area contributed by atoms with Crippen molar-refractivity contribution in [1.82, 2.24) is 4.98 Å². The highest BCUT2D eigenvalue weighted by Gasteiger charge is 2.29. The normalized spacial score (nSPS) is 13.3. The molecule has 0 N–H and O–H groups in total. The lowest BCUT2D eigenvalue weighted by Gasteiger charge is -2.11. The molecular weight excluding hydrogens is 348 g/mol. The fraction of sp³-hybridized carbons (Fsp3) is 0.444. The van der Waals surface area contributed by atoms with Gasteiger partial charge in [0.1, 0.15) is 6.20 Å². The van der Waals surface area contributed by atoms with E-state index in [4.69, 9.17) is 11.6 Å². The summed E-state index contributed by atoms with van der Waals surface area (Å²) in [4.78, 5) is 13.7. The Morgan fingerprint density at radius 1 is 1.61 bits per heavy atom. The van der Waals surface area contributed by atoms with E-state index in [1.54, 1.807) is 0 Å². The number of hydrogen-bond donors (Lipinski definition) is 0. The maximum Gasteiger partial charge on any atom is 0.291 e. The average molecular weight is 358 g/mol. The van der Waals surface area contributed by atoms with Crippen LogP contribution in [-0.4, -0.2) is 29.5 Å². The molecule has 0 aromatic carbocycles. The van der Waals surface area contributed by atoms with Crippen molar-refractivity contribution in [2.75, 3.05) is 5.88 Å². The van der Waals surface area contributed by atoms with Gasteiger partial charge in [-0.15, -0.1) is 11.6 Å². The summed E-state index contributed by atoms with van der Waals surface area (Å²) in [6.45, 7) is 2.90. The molecule has 9 heteroatoms. The molecule has 18 heavy (non-hydrogen) atoms. The van der Waals surface area contributed by atoms with Gasteiger partial charge in [0.25, 0.3) is 5.69 Å². The summed E-state index contributed by atoms with van der Waals surface area (Å²) < 4.78 is 24.2. The van der Waals surface area contributed by atoms with E-state index in [1.807, 2.05) is 0 Å². The van der Waals surface area contributed by atoms with Crippen LogP contribution in [0.25, 0.3) is 0 Å². The molecule has 1 aromatic heterocycles. The molecule has 6 nitrogen and oxygen atoms in total. The molecule has 1 rings (SSSR count). The summed E-state index contributed by atoms with van der Waals surface area (Å²) in [6, 6.07) is 0. The first-order valence-corrected chi connectivity index (χ1v) is 7.70. The van der Waals surface area contributed by atoms with Crippen molar-refractivity contribution in [3.8, 4) is 0 Å². The lowest BCUT2D eigenvalue weighted by molar-refractivity contribution is -0.385. The standard InChI is InChI=1S/C9H10BrClN2O4S/c1-5(3-11)18(16,17)9-8(10)6(2)7(4-12-9)13(14)15/h4-5H,3H2,1-2H3. The lowest BCUT2D eigenvalue weighted by atomic mass is 10.2. The van der Waals surface area contributed by atoms with E-state index in [9.17, 15) is 18.5 Å². The van der Waals surface area contributed by atoms with E-state index in [1.165, 1.54) is 13.8 Å².